The van der Waals surface area contributed by atoms with Crippen LogP contribution in [0.1, 0.15) is 61.9 Å². The maximum Gasteiger partial charge on any atom is 0.354 e. The largest absolute Gasteiger partial charge is 0.481 e. The van der Waals surface area contributed by atoms with Crippen LogP contribution in [0.3, 0.4) is 0 Å². The summed E-state index contributed by atoms with van der Waals surface area (Å²) in [5.41, 5.74) is 0.793. The number of carbonyl (C=O) groups is 5. The number of benzene rings is 1. The summed E-state index contributed by atoms with van der Waals surface area (Å²) in [5, 5.41) is 42.0. The van der Waals surface area contributed by atoms with Gasteiger partial charge >= 0.3 is 29.8 Å². The standard InChI is InChI=1S/C10H7NO2.C8H14O4.C4H6O4/c12-10(13)9-6-5-7-3-1-2-4-8(7)11-9;9-7(10)5-3-1-2-4-6-8(11)12;5-3(6)1-2-4(7)8/h1-6H,(H,12,13);1-6H2,(H,9,10)(H,11,12);1-2H2,(H,5,6)(H,7,8). The molecule has 1 aromatic carbocycles. The van der Waals surface area contributed by atoms with Crippen molar-refractivity contribution in [2.24, 2.45) is 0 Å². The first-order chi connectivity index (χ1) is 15.5. The maximum absolute atomic E-state index is 10.6. The molecule has 0 amide bonds. The molecule has 0 saturated heterocycles. The van der Waals surface area contributed by atoms with Crippen LogP contribution in [0, 0.1) is 0 Å². The molecule has 2 rings (SSSR count). The molecule has 0 fully saturated rings. The molecular weight excluding hydrogens is 438 g/mol. The average molecular weight is 465 g/mol. The Balaban J connectivity index is 0.000000481. The molecule has 5 N–H and O–H groups in total. The van der Waals surface area contributed by atoms with Crippen molar-refractivity contribution in [2.45, 2.75) is 51.4 Å². The zero-order valence-corrected chi connectivity index (χ0v) is 17.8. The smallest absolute Gasteiger partial charge is 0.354 e. The molecule has 180 valence electrons. The summed E-state index contributed by atoms with van der Waals surface area (Å²) in [6.45, 7) is 0. The lowest BCUT2D eigenvalue weighted by molar-refractivity contribution is -0.143. The van der Waals surface area contributed by atoms with Crippen molar-refractivity contribution in [3.05, 3.63) is 42.1 Å². The Morgan fingerprint density at radius 1 is 0.576 bits per heavy atom. The maximum atomic E-state index is 10.6. The van der Waals surface area contributed by atoms with Gasteiger partial charge in [0, 0.05) is 18.2 Å². The van der Waals surface area contributed by atoms with Crippen LogP contribution in [0.15, 0.2) is 36.4 Å². The lowest BCUT2D eigenvalue weighted by atomic mass is 10.1. The Kier molecular flexibility index (Phi) is 14.6. The van der Waals surface area contributed by atoms with E-state index in [2.05, 4.69) is 4.98 Å². The number of carboxylic acids is 5. The Hall–Kier alpha value is -4.02. The minimum atomic E-state index is -1.08. The number of aromatic carboxylic acids is 1. The molecule has 1 aromatic heterocycles. The second kappa shape index (κ2) is 16.6. The molecule has 0 spiro atoms. The minimum Gasteiger partial charge on any atom is -0.481 e. The van der Waals surface area contributed by atoms with E-state index in [0.29, 0.717) is 18.4 Å². The van der Waals surface area contributed by atoms with Crippen LogP contribution >= 0.6 is 0 Å². The predicted octanol–water partition coefficient (Wildman–Crippen LogP) is 3.37. The van der Waals surface area contributed by atoms with E-state index >= 15 is 0 Å². The molecule has 0 radical (unpaired) electrons. The molecule has 0 unspecified atom stereocenters. The van der Waals surface area contributed by atoms with Gasteiger partial charge < -0.3 is 25.5 Å². The van der Waals surface area contributed by atoms with Crippen molar-refractivity contribution in [3.63, 3.8) is 0 Å². The Morgan fingerprint density at radius 2 is 1.03 bits per heavy atom. The number of aliphatic carboxylic acids is 4. The SMILES string of the molecule is O=C(O)CCC(=O)O.O=C(O)CCCCCCC(=O)O.O=C(O)c1ccc2ccccc2n1. The fraction of sp³-hybridized carbons (Fsp3) is 0.364. The Bertz CT molecular complexity index is 910. The van der Waals surface area contributed by atoms with Gasteiger partial charge in [0.05, 0.1) is 18.4 Å². The van der Waals surface area contributed by atoms with Crippen LogP contribution in [0.25, 0.3) is 10.9 Å². The average Bonchev–Trinajstić information content (AvgIpc) is 2.75. The molecule has 0 saturated carbocycles. The zero-order valence-electron chi connectivity index (χ0n) is 17.8. The van der Waals surface area contributed by atoms with Gasteiger partial charge in [-0.05, 0) is 25.0 Å². The topological polar surface area (TPSA) is 199 Å². The van der Waals surface area contributed by atoms with E-state index in [0.717, 1.165) is 18.2 Å². The highest BCUT2D eigenvalue weighted by Crippen LogP contribution is 2.11. The summed E-state index contributed by atoms with van der Waals surface area (Å²) < 4.78 is 0. The summed E-state index contributed by atoms with van der Waals surface area (Å²) in [6.07, 6.45) is 2.69. The van der Waals surface area contributed by atoms with Crippen molar-refractivity contribution in [1.29, 1.82) is 0 Å². The number of aromatic nitrogens is 1. The first-order valence-corrected chi connectivity index (χ1v) is 9.99. The second-order valence-electron chi connectivity index (χ2n) is 6.68. The highest BCUT2D eigenvalue weighted by Gasteiger charge is 2.04. The second-order valence-corrected chi connectivity index (χ2v) is 6.68. The highest BCUT2D eigenvalue weighted by atomic mass is 16.4. The number of hydrogen-bond acceptors (Lipinski definition) is 6. The Labute approximate surface area is 189 Å². The highest BCUT2D eigenvalue weighted by molar-refractivity contribution is 5.89. The first-order valence-electron chi connectivity index (χ1n) is 9.99. The number of pyridine rings is 1. The third-order valence-electron chi connectivity index (χ3n) is 3.90. The monoisotopic (exact) mass is 465 g/mol. The van der Waals surface area contributed by atoms with Crippen LogP contribution < -0.4 is 0 Å². The summed E-state index contributed by atoms with van der Waals surface area (Å²) in [7, 11) is 0. The minimum absolute atomic E-state index is 0.0821. The van der Waals surface area contributed by atoms with Crippen molar-refractivity contribution in [3.8, 4) is 0 Å². The Morgan fingerprint density at radius 3 is 1.45 bits per heavy atom. The number of para-hydroxylation sites is 1. The van der Waals surface area contributed by atoms with Crippen LogP contribution in [0.2, 0.25) is 0 Å². The number of fused-ring (bicyclic) bond motifs is 1. The van der Waals surface area contributed by atoms with Crippen LogP contribution in [-0.4, -0.2) is 60.4 Å². The van der Waals surface area contributed by atoms with Gasteiger partial charge in [-0.1, -0.05) is 37.1 Å². The normalized spacial score (nSPS) is 9.58. The molecular formula is C22H27NO10. The molecule has 2 aromatic rings. The summed E-state index contributed by atoms with van der Waals surface area (Å²) >= 11 is 0. The van der Waals surface area contributed by atoms with Gasteiger partial charge in [0.2, 0.25) is 0 Å². The van der Waals surface area contributed by atoms with Crippen molar-refractivity contribution < 1.29 is 49.5 Å². The lowest BCUT2D eigenvalue weighted by Gasteiger charge is -1.97. The van der Waals surface area contributed by atoms with E-state index < -0.39 is 29.8 Å². The molecule has 0 aliphatic carbocycles. The van der Waals surface area contributed by atoms with Crippen molar-refractivity contribution in [1.82, 2.24) is 4.98 Å². The van der Waals surface area contributed by atoms with Crippen molar-refractivity contribution in [2.75, 3.05) is 0 Å². The van der Waals surface area contributed by atoms with Gasteiger partial charge in [-0.15, -0.1) is 0 Å². The fourth-order valence-electron chi connectivity index (χ4n) is 2.31. The molecule has 0 bridgehead atoms. The molecule has 0 aliphatic rings. The van der Waals surface area contributed by atoms with E-state index in [9.17, 15) is 24.0 Å². The molecule has 33 heavy (non-hydrogen) atoms. The van der Waals surface area contributed by atoms with E-state index in [1.165, 1.54) is 6.07 Å². The fourth-order valence-corrected chi connectivity index (χ4v) is 2.31. The number of rotatable bonds is 11. The summed E-state index contributed by atoms with van der Waals surface area (Å²) in [6, 6.07) is 10.7. The molecule has 0 aliphatic heterocycles. The third kappa shape index (κ3) is 16.4. The number of carboxylic acid groups (broad SMARTS) is 5. The number of hydrogen-bond donors (Lipinski definition) is 5. The third-order valence-corrected chi connectivity index (χ3v) is 3.90. The van der Waals surface area contributed by atoms with Gasteiger partial charge in [0.1, 0.15) is 5.69 Å². The van der Waals surface area contributed by atoms with Gasteiger partial charge in [0.25, 0.3) is 0 Å². The van der Waals surface area contributed by atoms with E-state index in [4.69, 9.17) is 25.5 Å². The van der Waals surface area contributed by atoms with Crippen molar-refractivity contribution >= 4 is 40.7 Å². The number of nitrogens with zero attached hydrogens (tertiary/aromatic N) is 1. The van der Waals surface area contributed by atoms with E-state index in [-0.39, 0.29) is 31.4 Å². The molecule has 1 heterocycles. The summed E-state index contributed by atoms with van der Waals surface area (Å²) in [4.78, 5) is 53.9. The van der Waals surface area contributed by atoms with Crippen LogP contribution in [0.5, 0.6) is 0 Å². The molecule has 11 nitrogen and oxygen atoms in total. The first kappa shape index (κ1) is 29.0. The van der Waals surface area contributed by atoms with Gasteiger partial charge in [-0.2, -0.15) is 0 Å². The van der Waals surface area contributed by atoms with Gasteiger partial charge in [-0.3, -0.25) is 19.2 Å². The quantitative estimate of drug-likeness (QED) is 0.305. The molecule has 11 heteroatoms. The lowest BCUT2D eigenvalue weighted by Crippen LogP contribution is -2.00. The van der Waals surface area contributed by atoms with E-state index in [1.807, 2.05) is 18.2 Å². The number of unbranched alkanes of at least 4 members (excludes halogenated alkanes) is 3. The zero-order chi connectivity index (χ0) is 25.2. The van der Waals surface area contributed by atoms with E-state index in [1.54, 1.807) is 12.1 Å². The van der Waals surface area contributed by atoms with Gasteiger partial charge in [-0.25, -0.2) is 9.78 Å². The van der Waals surface area contributed by atoms with Crippen LogP contribution in [-0.2, 0) is 19.2 Å². The van der Waals surface area contributed by atoms with Crippen LogP contribution in [0.4, 0.5) is 0 Å². The van der Waals surface area contributed by atoms with Gasteiger partial charge in [0.15, 0.2) is 0 Å². The molecule has 0 atom stereocenters. The summed E-state index contributed by atoms with van der Waals surface area (Å²) in [5.74, 6) is -4.72. The predicted molar refractivity (Wildman–Crippen MR) is 116 cm³/mol.